The Kier molecular flexibility index (Phi) is 9.03. The van der Waals surface area contributed by atoms with E-state index in [2.05, 4.69) is 35.9 Å². The monoisotopic (exact) mass is 658 g/mol. The average Bonchev–Trinajstić information content (AvgIpc) is 3.18. The SMILES string of the molecule is COc1cc(OC)c(C2C3=C(CC(C)(C)CC3=O)Nc3ccccc3N2CC(=O)N2CCN(c3cc(Cl)ccc3C)CC2)cc1OC. The van der Waals surface area contributed by atoms with Crippen molar-refractivity contribution in [2.24, 2.45) is 5.41 Å². The van der Waals surface area contributed by atoms with Crippen molar-refractivity contribution >= 4 is 40.4 Å². The summed E-state index contributed by atoms with van der Waals surface area (Å²) in [6, 6.07) is 16.9. The summed E-state index contributed by atoms with van der Waals surface area (Å²) in [6.45, 7) is 8.91. The van der Waals surface area contributed by atoms with Crippen molar-refractivity contribution in [3.8, 4) is 17.2 Å². The van der Waals surface area contributed by atoms with Crippen LogP contribution in [0.15, 0.2) is 65.9 Å². The number of fused-ring (bicyclic) bond motifs is 1. The third kappa shape index (κ3) is 6.33. The van der Waals surface area contributed by atoms with Crippen molar-refractivity contribution in [3.05, 3.63) is 82.0 Å². The number of nitrogens with zero attached hydrogens (tertiary/aromatic N) is 3. The van der Waals surface area contributed by atoms with Gasteiger partial charge in [-0.1, -0.05) is 43.6 Å². The van der Waals surface area contributed by atoms with Crippen molar-refractivity contribution in [2.45, 2.75) is 39.7 Å². The molecule has 6 rings (SSSR count). The van der Waals surface area contributed by atoms with Crippen LogP contribution in [0.3, 0.4) is 0 Å². The molecule has 10 heteroatoms. The van der Waals surface area contributed by atoms with E-state index < -0.39 is 6.04 Å². The van der Waals surface area contributed by atoms with Crippen LogP contribution in [0.4, 0.5) is 17.1 Å². The predicted molar refractivity (Wildman–Crippen MR) is 186 cm³/mol. The number of benzene rings is 3. The Labute approximate surface area is 282 Å². The molecule has 1 saturated heterocycles. The minimum absolute atomic E-state index is 0.0145. The molecule has 0 bridgehead atoms. The number of ether oxygens (including phenoxy) is 3. The number of ketones is 1. The number of allylic oxidation sites excluding steroid dienone is 1. The first-order chi connectivity index (χ1) is 22.5. The number of piperazine rings is 1. The van der Waals surface area contributed by atoms with E-state index >= 15 is 0 Å². The second kappa shape index (κ2) is 13.0. The van der Waals surface area contributed by atoms with Crippen molar-refractivity contribution in [1.82, 2.24) is 4.90 Å². The van der Waals surface area contributed by atoms with E-state index in [0.29, 0.717) is 66.9 Å². The first-order valence-electron chi connectivity index (χ1n) is 16.0. The van der Waals surface area contributed by atoms with E-state index in [9.17, 15) is 9.59 Å². The van der Waals surface area contributed by atoms with Gasteiger partial charge >= 0.3 is 0 Å². The third-order valence-electron chi connectivity index (χ3n) is 9.48. The Hall–Kier alpha value is -4.37. The van der Waals surface area contributed by atoms with Crippen LogP contribution in [0.25, 0.3) is 0 Å². The number of Topliss-reactive ketones (excluding diaryl/α,β-unsaturated/α-hetero) is 1. The lowest BCUT2D eigenvalue weighted by Gasteiger charge is -2.40. The molecule has 3 aliphatic rings. The van der Waals surface area contributed by atoms with Crippen LogP contribution in [0.5, 0.6) is 17.2 Å². The van der Waals surface area contributed by atoms with E-state index in [1.807, 2.05) is 53.4 Å². The van der Waals surface area contributed by atoms with E-state index in [1.54, 1.807) is 27.4 Å². The summed E-state index contributed by atoms with van der Waals surface area (Å²) in [5.41, 5.74) is 5.92. The molecule has 0 radical (unpaired) electrons. The van der Waals surface area contributed by atoms with Crippen LogP contribution in [-0.2, 0) is 9.59 Å². The summed E-state index contributed by atoms with van der Waals surface area (Å²) in [6.07, 6.45) is 1.07. The molecule has 1 N–H and O–H groups in total. The Morgan fingerprint density at radius 2 is 1.57 bits per heavy atom. The molecule has 1 amide bonds. The van der Waals surface area contributed by atoms with Crippen LogP contribution in [-0.4, -0.2) is 70.6 Å². The fourth-order valence-corrected chi connectivity index (χ4v) is 7.35. The summed E-state index contributed by atoms with van der Waals surface area (Å²) in [7, 11) is 4.77. The smallest absolute Gasteiger partial charge is 0.242 e. The molecule has 1 unspecified atom stereocenters. The number of carbonyl (C=O) groups excluding carboxylic acids is 2. The molecule has 248 valence electrons. The molecule has 2 heterocycles. The largest absolute Gasteiger partial charge is 0.496 e. The number of carbonyl (C=O) groups is 2. The fourth-order valence-electron chi connectivity index (χ4n) is 7.18. The number of hydrogen-bond acceptors (Lipinski definition) is 8. The highest BCUT2D eigenvalue weighted by atomic mass is 35.5. The molecule has 1 atom stereocenters. The number of anilines is 3. The van der Waals surface area contributed by atoms with Gasteiger partial charge in [0.05, 0.1) is 45.3 Å². The highest BCUT2D eigenvalue weighted by Gasteiger charge is 2.43. The molecule has 47 heavy (non-hydrogen) atoms. The zero-order valence-electron chi connectivity index (χ0n) is 28.0. The van der Waals surface area contributed by atoms with Gasteiger partial charge in [-0.3, -0.25) is 9.59 Å². The minimum Gasteiger partial charge on any atom is -0.496 e. The average molecular weight is 659 g/mol. The maximum absolute atomic E-state index is 14.3. The van der Waals surface area contributed by atoms with Gasteiger partial charge in [0, 0.05) is 66.2 Å². The predicted octanol–water partition coefficient (Wildman–Crippen LogP) is 6.64. The van der Waals surface area contributed by atoms with Gasteiger partial charge in [-0.25, -0.2) is 0 Å². The third-order valence-corrected chi connectivity index (χ3v) is 9.72. The van der Waals surface area contributed by atoms with E-state index in [1.165, 1.54) is 0 Å². The molecule has 3 aromatic rings. The summed E-state index contributed by atoms with van der Waals surface area (Å²) in [5, 5.41) is 4.33. The quantitative estimate of drug-likeness (QED) is 0.303. The Bertz CT molecular complexity index is 1730. The molecule has 9 nitrogen and oxygen atoms in total. The first kappa shape index (κ1) is 32.6. The number of aryl methyl sites for hydroxylation is 1. The highest BCUT2D eigenvalue weighted by molar-refractivity contribution is 6.30. The summed E-state index contributed by atoms with van der Waals surface area (Å²) in [4.78, 5) is 34.8. The van der Waals surface area contributed by atoms with Gasteiger partial charge < -0.3 is 34.2 Å². The molecular formula is C37H43ClN4O5. The second-order valence-corrected chi connectivity index (χ2v) is 13.7. The maximum Gasteiger partial charge on any atom is 0.242 e. The summed E-state index contributed by atoms with van der Waals surface area (Å²) < 4.78 is 17.3. The van der Waals surface area contributed by atoms with Gasteiger partial charge in [0.15, 0.2) is 17.3 Å². The van der Waals surface area contributed by atoms with Crippen LogP contribution in [0.2, 0.25) is 5.02 Å². The van der Waals surface area contributed by atoms with Gasteiger partial charge in [-0.05, 0) is 54.7 Å². The van der Waals surface area contributed by atoms with E-state index in [-0.39, 0.29) is 23.7 Å². The number of methoxy groups -OCH3 is 3. The zero-order valence-corrected chi connectivity index (χ0v) is 28.7. The maximum atomic E-state index is 14.3. The molecule has 2 aliphatic heterocycles. The molecular weight excluding hydrogens is 616 g/mol. The van der Waals surface area contributed by atoms with E-state index in [0.717, 1.165) is 33.9 Å². The zero-order chi connectivity index (χ0) is 33.5. The summed E-state index contributed by atoms with van der Waals surface area (Å²) in [5.74, 6) is 1.60. The summed E-state index contributed by atoms with van der Waals surface area (Å²) >= 11 is 6.32. The molecule has 1 aliphatic carbocycles. The Morgan fingerprint density at radius 1 is 0.894 bits per heavy atom. The van der Waals surface area contributed by atoms with Crippen LogP contribution < -0.4 is 29.3 Å². The van der Waals surface area contributed by atoms with Crippen LogP contribution in [0.1, 0.15) is 43.9 Å². The lowest BCUT2D eigenvalue weighted by molar-refractivity contribution is -0.130. The standard InChI is InChI=1S/C37H43ClN4O5/c1-23-11-12-24(38)17-29(23)40-13-15-41(16-14-40)34(44)22-42-28-10-8-7-9-26(28)39-27-20-37(2,3)21-30(43)35(27)36(42)25-18-32(46-5)33(47-6)19-31(25)45-4/h7-12,17-19,36,39H,13-16,20-22H2,1-6H3. The number of para-hydroxylation sites is 2. The number of amides is 1. The Balaban J connectivity index is 1.42. The molecule has 0 spiro atoms. The van der Waals surface area contributed by atoms with Gasteiger partial charge in [0.1, 0.15) is 5.75 Å². The van der Waals surface area contributed by atoms with Crippen molar-refractivity contribution < 1.29 is 23.8 Å². The lowest BCUT2D eigenvalue weighted by atomic mass is 9.73. The van der Waals surface area contributed by atoms with Crippen LogP contribution >= 0.6 is 11.6 Å². The van der Waals surface area contributed by atoms with Crippen molar-refractivity contribution in [2.75, 3.05) is 69.2 Å². The molecule has 1 fully saturated rings. The molecule has 3 aromatic carbocycles. The number of halogens is 1. The number of nitrogens with one attached hydrogen (secondary N) is 1. The van der Waals surface area contributed by atoms with Crippen LogP contribution in [0, 0.1) is 12.3 Å². The Morgan fingerprint density at radius 3 is 2.28 bits per heavy atom. The first-order valence-corrected chi connectivity index (χ1v) is 16.4. The van der Waals surface area contributed by atoms with Crippen molar-refractivity contribution in [3.63, 3.8) is 0 Å². The second-order valence-electron chi connectivity index (χ2n) is 13.3. The topological polar surface area (TPSA) is 83.6 Å². The lowest BCUT2D eigenvalue weighted by Crippen LogP contribution is -2.52. The number of rotatable bonds is 7. The normalized spacial score (nSPS) is 19.0. The van der Waals surface area contributed by atoms with Gasteiger partial charge in [0.2, 0.25) is 5.91 Å². The van der Waals surface area contributed by atoms with Crippen molar-refractivity contribution in [1.29, 1.82) is 0 Å². The molecule has 0 saturated carbocycles. The fraction of sp³-hybridized carbons (Fsp3) is 0.405. The van der Waals surface area contributed by atoms with Gasteiger partial charge in [0.25, 0.3) is 0 Å². The van der Waals surface area contributed by atoms with Gasteiger partial charge in [-0.2, -0.15) is 0 Å². The molecule has 0 aromatic heterocycles. The minimum atomic E-state index is -0.626. The van der Waals surface area contributed by atoms with E-state index in [4.69, 9.17) is 25.8 Å². The van der Waals surface area contributed by atoms with Gasteiger partial charge in [-0.15, -0.1) is 0 Å². The highest BCUT2D eigenvalue weighted by Crippen LogP contribution is 2.51. The number of hydrogen-bond donors (Lipinski definition) is 1.